The minimum atomic E-state index is -0.393. The molecule has 0 spiro atoms. The summed E-state index contributed by atoms with van der Waals surface area (Å²) in [5, 5.41) is 0. The molecule has 0 bridgehead atoms. The van der Waals surface area contributed by atoms with E-state index in [2.05, 4.69) is 46.3 Å². The van der Waals surface area contributed by atoms with Crippen LogP contribution in [0.2, 0.25) is 0 Å². The van der Waals surface area contributed by atoms with Gasteiger partial charge < -0.3 is 0 Å². The number of rotatable bonds is 2. The van der Waals surface area contributed by atoms with Gasteiger partial charge in [-0.1, -0.05) is 82.7 Å². The largest absolute Gasteiger partial charge is 0.294 e. The van der Waals surface area contributed by atoms with Crippen LogP contribution in [-0.4, -0.2) is 5.78 Å². The Morgan fingerprint density at radius 2 is 1.35 bits per heavy atom. The van der Waals surface area contributed by atoms with Gasteiger partial charge in [-0.2, -0.15) is 0 Å². The lowest BCUT2D eigenvalue weighted by atomic mass is 9.70. The molecule has 3 aromatic carbocycles. The summed E-state index contributed by atoms with van der Waals surface area (Å²) in [5.41, 5.74) is 3.89. The molecule has 0 saturated carbocycles. The lowest BCUT2D eigenvalue weighted by Gasteiger charge is -2.31. The molecule has 1 atom stereocenters. The molecule has 1 nitrogen and oxygen atoms in total. The topological polar surface area (TPSA) is 17.1 Å². The summed E-state index contributed by atoms with van der Waals surface area (Å²) in [4.78, 5) is 12.7. The van der Waals surface area contributed by atoms with Crippen LogP contribution in [-0.2, 0) is 5.41 Å². The number of carbonyl (C=O) groups excluding carboxylic acids is 1. The summed E-state index contributed by atoms with van der Waals surface area (Å²) >= 11 is 3.50. The van der Waals surface area contributed by atoms with Gasteiger partial charge in [0.05, 0.1) is 5.41 Å². The van der Waals surface area contributed by atoms with Gasteiger partial charge in [0, 0.05) is 16.5 Å². The van der Waals surface area contributed by atoms with E-state index in [4.69, 9.17) is 0 Å². The van der Waals surface area contributed by atoms with Crippen LogP contribution in [0.15, 0.2) is 83.3 Å². The lowest BCUT2D eigenvalue weighted by Crippen LogP contribution is -2.26. The second kappa shape index (κ2) is 5.47. The molecule has 0 amide bonds. The Hall–Kier alpha value is -2.19. The summed E-state index contributed by atoms with van der Waals surface area (Å²) in [5.74, 6) is 0.215. The molecule has 0 aliphatic heterocycles. The van der Waals surface area contributed by atoms with Crippen molar-refractivity contribution in [3.05, 3.63) is 106 Å². The van der Waals surface area contributed by atoms with E-state index >= 15 is 0 Å². The molecular weight excluding hydrogens is 348 g/mol. The quantitative estimate of drug-likeness (QED) is 0.598. The molecule has 4 rings (SSSR count). The summed E-state index contributed by atoms with van der Waals surface area (Å²) in [7, 11) is 0. The normalized spacial score (nSPS) is 19.6. The molecule has 1 aliphatic carbocycles. The second-order valence-electron chi connectivity index (χ2n) is 5.92. The maximum Gasteiger partial charge on any atom is 0.164 e. The fourth-order valence-corrected chi connectivity index (χ4v) is 3.93. The molecule has 0 aromatic heterocycles. The van der Waals surface area contributed by atoms with Crippen LogP contribution in [0.1, 0.15) is 33.5 Å². The fourth-order valence-electron chi connectivity index (χ4n) is 3.67. The Morgan fingerprint density at radius 1 is 0.739 bits per heavy atom. The molecule has 3 aromatic rings. The zero-order chi connectivity index (χ0) is 15.9. The summed E-state index contributed by atoms with van der Waals surface area (Å²) < 4.78 is 1.04. The number of benzene rings is 3. The third-order valence-corrected chi connectivity index (χ3v) is 5.25. The Balaban J connectivity index is 2.04. The fraction of sp³-hybridized carbons (Fsp3) is 0.0952. The first-order valence-electron chi connectivity index (χ1n) is 7.66. The predicted molar refractivity (Wildman–Crippen MR) is 95.9 cm³/mol. The van der Waals surface area contributed by atoms with Gasteiger partial charge in [-0.3, -0.25) is 4.79 Å². The van der Waals surface area contributed by atoms with E-state index < -0.39 is 5.41 Å². The third-order valence-electron chi connectivity index (χ3n) is 4.72. The van der Waals surface area contributed by atoms with Gasteiger partial charge in [-0.25, -0.2) is 0 Å². The van der Waals surface area contributed by atoms with E-state index in [1.54, 1.807) is 0 Å². The standard InChI is InChI=1S/C21H15BrO/c22-17-12-10-16(11-13-17)21(15-6-2-1-3-7-15)14-20(23)18-8-4-5-9-19(18)21/h1-13H,14H2. The van der Waals surface area contributed by atoms with Crippen molar-refractivity contribution < 1.29 is 4.79 Å². The van der Waals surface area contributed by atoms with Crippen molar-refractivity contribution in [1.82, 2.24) is 0 Å². The Labute approximate surface area is 144 Å². The average molecular weight is 363 g/mol. The van der Waals surface area contributed by atoms with Crippen LogP contribution in [0.5, 0.6) is 0 Å². The maximum absolute atomic E-state index is 12.7. The SMILES string of the molecule is O=C1CC(c2ccccc2)(c2ccc(Br)cc2)c2ccccc21. The molecule has 1 unspecified atom stereocenters. The monoisotopic (exact) mass is 362 g/mol. The molecule has 23 heavy (non-hydrogen) atoms. The van der Waals surface area contributed by atoms with Crippen LogP contribution in [0.4, 0.5) is 0 Å². The average Bonchev–Trinajstić information content (AvgIpc) is 2.91. The van der Waals surface area contributed by atoms with E-state index in [-0.39, 0.29) is 5.78 Å². The summed E-state index contributed by atoms with van der Waals surface area (Å²) in [6.07, 6.45) is 0.484. The molecule has 0 N–H and O–H groups in total. The van der Waals surface area contributed by atoms with Crippen molar-refractivity contribution in [1.29, 1.82) is 0 Å². The van der Waals surface area contributed by atoms with Gasteiger partial charge in [0.2, 0.25) is 0 Å². The number of carbonyl (C=O) groups is 1. The van der Waals surface area contributed by atoms with Crippen molar-refractivity contribution in [2.75, 3.05) is 0 Å². The zero-order valence-electron chi connectivity index (χ0n) is 12.5. The first kappa shape index (κ1) is 14.4. The van der Waals surface area contributed by atoms with E-state index in [1.165, 1.54) is 5.56 Å². The highest BCUT2D eigenvalue weighted by Gasteiger charge is 2.45. The third kappa shape index (κ3) is 2.17. The first-order chi connectivity index (χ1) is 11.2. The van der Waals surface area contributed by atoms with Crippen molar-refractivity contribution in [2.24, 2.45) is 0 Å². The molecule has 2 heteroatoms. The van der Waals surface area contributed by atoms with Gasteiger partial charge in [-0.15, -0.1) is 0 Å². The molecular formula is C21H15BrO. The predicted octanol–water partition coefficient (Wildman–Crippen LogP) is 5.37. The Kier molecular flexibility index (Phi) is 3.42. The smallest absolute Gasteiger partial charge is 0.164 e. The van der Waals surface area contributed by atoms with Crippen molar-refractivity contribution >= 4 is 21.7 Å². The minimum absolute atomic E-state index is 0.215. The number of halogens is 1. The van der Waals surface area contributed by atoms with Crippen molar-refractivity contribution in [2.45, 2.75) is 11.8 Å². The van der Waals surface area contributed by atoms with Crippen LogP contribution in [0.25, 0.3) is 0 Å². The number of hydrogen-bond donors (Lipinski definition) is 0. The Bertz CT molecular complexity index is 868. The lowest BCUT2D eigenvalue weighted by molar-refractivity contribution is 0.0984. The number of Topliss-reactive ketones (excluding diaryl/α,β-unsaturated/α-hetero) is 1. The van der Waals surface area contributed by atoms with Gasteiger partial charge >= 0.3 is 0 Å². The van der Waals surface area contributed by atoms with Crippen molar-refractivity contribution in [3.63, 3.8) is 0 Å². The van der Waals surface area contributed by atoms with Gasteiger partial charge in [0.1, 0.15) is 0 Å². The molecule has 0 heterocycles. The number of hydrogen-bond acceptors (Lipinski definition) is 1. The Morgan fingerprint density at radius 3 is 2.09 bits per heavy atom. The first-order valence-corrected chi connectivity index (χ1v) is 8.45. The highest BCUT2D eigenvalue weighted by atomic mass is 79.9. The van der Waals surface area contributed by atoms with E-state index in [1.807, 2.05) is 48.5 Å². The highest BCUT2D eigenvalue weighted by Crippen LogP contribution is 2.48. The van der Waals surface area contributed by atoms with Gasteiger partial charge in [0.25, 0.3) is 0 Å². The number of ketones is 1. The molecule has 0 fully saturated rings. The van der Waals surface area contributed by atoms with Crippen LogP contribution >= 0.6 is 15.9 Å². The molecule has 1 aliphatic rings. The molecule has 0 saturated heterocycles. The number of fused-ring (bicyclic) bond motifs is 1. The van der Waals surface area contributed by atoms with E-state index in [9.17, 15) is 4.79 Å². The van der Waals surface area contributed by atoms with Crippen LogP contribution in [0, 0.1) is 0 Å². The van der Waals surface area contributed by atoms with Crippen LogP contribution in [0.3, 0.4) is 0 Å². The van der Waals surface area contributed by atoms with Crippen LogP contribution < -0.4 is 0 Å². The minimum Gasteiger partial charge on any atom is -0.294 e. The highest BCUT2D eigenvalue weighted by molar-refractivity contribution is 9.10. The van der Waals surface area contributed by atoms with E-state index in [0.29, 0.717) is 6.42 Å². The van der Waals surface area contributed by atoms with Crippen molar-refractivity contribution in [3.8, 4) is 0 Å². The van der Waals surface area contributed by atoms with E-state index in [0.717, 1.165) is 21.2 Å². The second-order valence-corrected chi connectivity index (χ2v) is 6.84. The van der Waals surface area contributed by atoms with Gasteiger partial charge in [0.15, 0.2) is 5.78 Å². The van der Waals surface area contributed by atoms with Gasteiger partial charge in [-0.05, 0) is 28.8 Å². The summed E-state index contributed by atoms with van der Waals surface area (Å²) in [6.45, 7) is 0. The zero-order valence-corrected chi connectivity index (χ0v) is 14.1. The maximum atomic E-state index is 12.7. The molecule has 0 radical (unpaired) electrons. The molecule has 112 valence electrons. The summed E-state index contributed by atoms with van der Waals surface area (Å²) in [6, 6.07) is 26.7.